The van der Waals surface area contributed by atoms with Crippen molar-refractivity contribution in [3.63, 3.8) is 0 Å². The number of carboxylic acid groups (broad SMARTS) is 1. The molecule has 1 amide bonds. The molecule has 3 heteroatoms. The van der Waals surface area contributed by atoms with Crippen LogP contribution in [0.5, 0.6) is 0 Å². The average Bonchev–Trinajstić information content (AvgIpc) is 2.39. The van der Waals surface area contributed by atoms with Crippen LogP contribution in [-0.4, -0.2) is 17.7 Å². The maximum Gasteiger partial charge on any atom is 0.404 e. The van der Waals surface area contributed by atoms with Gasteiger partial charge >= 0.3 is 6.09 Å². The SMILES string of the molecule is O=C(O)NCCC1C=CCC1. The number of allylic oxidation sites excluding steroid dienone is 2. The fraction of sp³-hybridized carbons (Fsp3) is 0.625. The largest absolute Gasteiger partial charge is 0.465 e. The molecule has 0 radical (unpaired) electrons. The van der Waals surface area contributed by atoms with Crippen molar-refractivity contribution >= 4 is 6.09 Å². The van der Waals surface area contributed by atoms with Crippen molar-refractivity contribution < 1.29 is 9.90 Å². The first-order chi connectivity index (χ1) is 5.29. The highest BCUT2D eigenvalue weighted by Crippen LogP contribution is 2.19. The van der Waals surface area contributed by atoms with Crippen LogP contribution in [0.1, 0.15) is 19.3 Å². The Balaban J connectivity index is 2.03. The van der Waals surface area contributed by atoms with Crippen LogP contribution in [0.3, 0.4) is 0 Å². The minimum atomic E-state index is -0.924. The topological polar surface area (TPSA) is 49.3 Å². The number of carbonyl (C=O) groups is 1. The molecule has 0 spiro atoms. The van der Waals surface area contributed by atoms with Gasteiger partial charge in [-0.15, -0.1) is 0 Å². The van der Waals surface area contributed by atoms with Crippen molar-refractivity contribution in [2.24, 2.45) is 5.92 Å². The van der Waals surface area contributed by atoms with Crippen molar-refractivity contribution in [1.82, 2.24) is 5.32 Å². The molecule has 1 aliphatic rings. The summed E-state index contributed by atoms with van der Waals surface area (Å²) < 4.78 is 0. The smallest absolute Gasteiger partial charge is 0.404 e. The molecular formula is C8H13NO2. The number of amides is 1. The second-order valence-electron chi connectivity index (χ2n) is 2.79. The van der Waals surface area contributed by atoms with Crippen LogP contribution in [0.2, 0.25) is 0 Å². The third kappa shape index (κ3) is 3.07. The fourth-order valence-electron chi connectivity index (χ4n) is 1.30. The molecule has 0 aromatic carbocycles. The summed E-state index contributed by atoms with van der Waals surface area (Å²) in [4.78, 5) is 10.0. The maximum atomic E-state index is 10.0. The lowest BCUT2D eigenvalue weighted by Crippen LogP contribution is -2.23. The summed E-state index contributed by atoms with van der Waals surface area (Å²) in [6.07, 6.45) is 6.67. The molecule has 11 heavy (non-hydrogen) atoms. The lowest BCUT2D eigenvalue weighted by atomic mass is 10.1. The highest BCUT2D eigenvalue weighted by Gasteiger charge is 2.08. The van der Waals surface area contributed by atoms with Gasteiger partial charge in [-0.25, -0.2) is 4.79 Å². The maximum absolute atomic E-state index is 10.0. The number of nitrogens with one attached hydrogen (secondary N) is 1. The minimum absolute atomic E-state index is 0.574. The van der Waals surface area contributed by atoms with Gasteiger partial charge < -0.3 is 10.4 Å². The highest BCUT2D eigenvalue weighted by atomic mass is 16.4. The summed E-state index contributed by atoms with van der Waals surface area (Å²) in [5.74, 6) is 0.599. The first-order valence-electron chi connectivity index (χ1n) is 3.92. The van der Waals surface area contributed by atoms with Crippen molar-refractivity contribution in [3.8, 4) is 0 Å². The molecule has 0 saturated heterocycles. The molecule has 62 valence electrons. The Labute approximate surface area is 66.1 Å². The first kappa shape index (κ1) is 8.11. The van der Waals surface area contributed by atoms with Gasteiger partial charge in [0.05, 0.1) is 0 Å². The van der Waals surface area contributed by atoms with E-state index in [1.807, 2.05) is 0 Å². The van der Waals surface area contributed by atoms with Crippen LogP contribution in [-0.2, 0) is 0 Å². The Bertz CT molecular complexity index is 165. The summed E-state index contributed by atoms with van der Waals surface area (Å²) in [6, 6.07) is 0. The van der Waals surface area contributed by atoms with Crippen LogP contribution in [0, 0.1) is 5.92 Å². The molecular weight excluding hydrogens is 142 g/mol. The number of hydrogen-bond acceptors (Lipinski definition) is 1. The Morgan fingerprint density at radius 1 is 1.73 bits per heavy atom. The lowest BCUT2D eigenvalue weighted by Gasteiger charge is -2.05. The second kappa shape index (κ2) is 4.01. The second-order valence-corrected chi connectivity index (χ2v) is 2.79. The van der Waals surface area contributed by atoms with Crippen LogP contribution in [0.25, 0.3) is 0 Å². The number of hydrogen-bond donors (Lipinski definition) is 2. The predicted octanol–water partition coefficient (Wildman–Crippen LogP) is 1.61. The summed E-state index contributed by atoms with van der Waals surface area (Å²) in [5.41, 5.74) is 0. The zero-order valence-corrected chi connectivity index (χ0v) is 6.42. The molecule has 0 aromatic heterocycles. The van der Waals surface area contributed by atoms with E-state index < -0.39 is 6.09 Å². The molecule has 1 aliphatic carbocycles. The first-order valence-corrected chi connectivity index (χ1v) is 3.92. The van der Waals surface area contributed by atoms with Gasteiger partial charge in [-0.2, -0.15) is 0 Å². The van der Waals surface area contributed by atoms with E-state index in [4.69, 9.17) is 5.11 Å². The highest BCUT2D eigenvalue weighted by molar-refractivity contribution is 5.64. The molecule has 2 N–H and O–H groups in total. The van der Waals surface area contributed by atoms with Gasteiger partial charge in [0.25, 0.3) is 0 Å². The molecule has 0 bridgehead atoms. The van der Waals surface area contributed by atoms with Crippen molar-refractivity contribution in [2.45, 2.75) is 19.3 Å². The Morgan fingerprint density at radius 2 is 2.55 bits per heavy atom. The van der Waals surface area contributed by atoms with Gasteiger partial charge in [0, 0.05) is 6.54 Å². The van der Waals surface area contributed by atoms with E-state index in [1.165, 1.54) is 6.42 Å². The molecule has 1 rings (SSSR count). The Hall–Kier alpha value is -0.990. The van der Waals surface area contributed by atoms with E-state index in [0.717, 1.165) is 12.8 Å². The monoisotopic (exact) mass is 155 g/mol. The summed E-state index contributed by atoms with van der Waals surface area (Å²) in [5, 5.41) is 10.6. The van der Waals surface area contributed by atoms with Crippen molar-refractivity contribution in [3.05, 3.63) is 12.2 Å². The van der Waals surface area contributed by atoms with E-state index in [0.29, 0.717) is 12.5 Å². The average molecular weight is 155 g/mol. The molecule has 0 fully saturated rings. The molecule has 0 aromatic rings. The molecule has 1 atom stereocenters. The van der Waals surface area contributed by atoms with Crippen molar-refractivity contribution in [2.75, 3.05) is 6.54 Å². The normalized spacial score (nSPS) is 22.0. The summed E-state index contributed by atoms with van der Waals surface area (Å²) in [7, 11) is 0. The fourth-order valence-corrected chi connectivity index (χ4v) is 1.30. The van der Waals surface area contributed by atoms with Gasteiger partial charge in [-0.1, -0.05) is 12.2 Å². The predicted molar refractivity (Wildman–Crippen MR) is 42.5 cm³/mol. The van der Waals surface area contributed by atoms with E-state index in [2.05, 4.69) is 17.5 Å². The summed E-state index contributed by atoms with van der Waals surface area (Å²) >= 11 is 0. The number of rotatable bonds is 3. The van der Waals surface area contributed by atoms with E-state index in [9.17, 15) is 4.79 Å². The Morgan fingerprint density at radius 3 is 3.09 bits per heavy atom. The molecule has 0 heterocycles. The molecule has 1 unspecified atom stereocenters. The summed E-state index contributed by atoms with van der Waals surface area (Å²) in [6.45, 7) is 0.574. The van der Waals surface area contributed by atoms with Gasteiger partial charge in [0.1, 0.15) is 0 Å². The minimum Gasteiger partial charge on any atom is -0.465 e. The third-order valence-corrected chi connectivity index (χ3v) is 1.90. The standard InChI is InChI=1S/C8H13NO2/c10-8(11)9-6-5-7-3-1-2-4-7/h1,3,7,9H,2,4-6H2,(H,10,11). The van der Waals surface area contributed by atoms with Crippen molar-refractivity contribution in [1.29, 1.82) is 0 Å². The van der Waals surface area contributed by atoms with Gasteiger partial charge in [-0.05, 0) is 25.2 Å². The van der Waals surface area contributed by atoms with Crippen LogP contribution >= 0.6 is 0 Å². The lowest BCUT2D eigenvalue weighted by molar-refractivity contribution is 0.194. The van der Waals surface area contributed by atoms with Gasteiger partial charge in [0.15, 0.2) is 0 Å². The molecule has 0 saturated carbocycles. The van der Waals surface area contributed by atoms with E-state index in [1.54, 1.807) is 0 Å². The third-order valence-electron chi connectivity index (χ3n) is 1.90. The zero-order chi connectivity index (χ0) is 8.10. The molecule has 0 aliphatic heterocycles. The van der Waals surface area contributed by atoms with Gasteiger partial charge in [0.2, 0.25) is 0 Å². The Kier molecular flexibility index (Phi) is 2.95. The van der Waals surface area contributed by atoms with Crippen LogP contribution < -0.4 is 5.32 Å². The van der Waals surface area contributed by atoms with E-state index in [-0.39, 0.29) is 0 Å². The molecule has 3 nitrogen and oxygen atoms in total. The van der Waals surface area contributed by atoms with Crippen LogP contribution in [0.4, 0.5) is 4.79 Å². The van der Waals surface area contributed by atoms with E-state index >= 15 is 0 Å². The van der Waals surface area contributed by atoms with Gasteiger partial charge in [-0.3, -0.25) is 0 Å². The zero-order valence-electron chi connectivity index (χ0n) is 6.42. The quantitative estimate of drug-likeness (QED) is 0.608. The van der Waals surface area contributed by atoms with Crippen LogP contribution in [0.15, 0.2) is 12.2 Å².